The zero-order chi connectivity index (χ0) is 26.5. The van der Waals surface area contributed by atoms with Crippen molar-refractivity contribution in [2.75, 3.05) is 13.2 Å². The first kappa shape index (κ1) is 28.5. The number of unbranched alkanes of at least 4 members (excludes halogenated alkanes) is 2. The predicted octanol–water partition coefficient (Wildman–Crippen LogP) is 7.53. The molecule has 0 spiro atoms. The third-order valence-electron chi connectivity index (χ3n) is 7.86. The van der Waals surface area contributed by atoms with E-state index in [1.807, 2.05) is 0 Å². The van der Waals surface area contributed by atoms with Crippen molar-refractivity contribution >= 4 is 5.91 Å². The van der Waals surface area contributed by atoms with E-state index in [0.717, 1.165) is 37.1 Å². The Hall–Kier alpha value is -2.07. The highest BCUT2D eigenvalue weighted by atomic mass is 16.2. The van der Waals surface area contributed by atoms with Gasteiger partial charge in [-0.1, -0.05) is 66.9 Å². The van der Waals surface area contributed by atoms with Gasteiger partial charge in [-0.25, -0.2) is 0 Å². The maximum atomic E-state index is 13.3. The highest BCUT2D eigenvalue weighted by Crippen LogP contribution is 2.36. The standard InChI is InChI=1S/C32H50N2O2/c1-23-28(30(36)33-16-12-9-13-17-35)21-29(34(23)22-24-14-10-8-11-15-24)25-18-26(31(2,3)4)20-27(19-25)32(5,6)7/h18-21,24,35H,8-17,22H2,1-7H3,(H,33,36). The topological polar surface area (TPSA) is 54.3 Å². The van der Waals surface area contributed by atoms with Crippen molar-refractivity contribution in [3.05, 3.63) is 46.6 Å². The Morgan fingerprint density at radius 2 is 1.53 bits per heavy atom. The minimum atomic E-state index is 0.0168. The van der Waals surface area contributed by atoms with E-state index >= 15 is 0 Å². The molecule has 1 aromatic carbocycles. The molecule has 1 fully saturated rings. The minimum absolute atomic E-state index is 0.0168. The first-order valence-electron chi connectivity index (χ1n) is 14.2. The van der Waals surface area contributed by atoms with Gasteiger partial charge in [-0.05, 0) is 90.7 Å². The molecule has 1 saturated carbocycles. The summed E-state index contributed by atoms with van der Waals surface area (Å²) in [6.07, 6.45) is 9.14. The lowest BCUT2D eigenvalue weighted by Gasteiger charge is -2.27. The molecule has 3 rings (SSSR count). The third kappa shape index (κ3) is 7.25. The van der Waals surface area contributed by atoms with E-state index in [1.54, 1.807) is 0 Å². The average molecular weight is 495 g/mol. The molecule has 2 aromatic rings. The average Bonchev–Trinajstić information content (AvgIpc) is 3.14. The lowest BCUT2D eigenvalue weighted by atomic mass is 9.79. The van der Waals surface area contributed by atoms with Gasteiger partial charge in [-0.2, -0.15) is 0 Å². The van der Waals surface area contributed by atoms with Crippen LogP contribution in [0.3, 0.4) is 0 Å². The maximum absolute atomic E-state index is 13.3. The number of aliphatic hydroxyl groups is 1. The molecule has 4 nitrogen and oxygen atoms in total. The third-order valence-corrected chi connectivity index (χ3v) is 7.86. The lowest BCUT2D eigenvalue weighted by molar-refractivity contribution is 0.0952. The molecule has 4 heteroatoms. The SMILES string of the molecule is Cc1c(C(=O)NCCCCCO)cc(-c2cc(C(C)(C)C)cc(C(C)(C)C)c2)n1CC1CCCCC1. The van der Waals surface area contributed by atoms with Gasteiger partial charge in [0.2, 0.25) is 0 Å². The normalized spacial score (nSPS) is 15.3. The van der Waals surface area contributed by atoms with E-state index in [2.05, 4.69) is 82.6 Å². The number of rotatable bonds is 9. The molecule has 0 atom stereocenters. The van der Waals surface area contributed by atoms with Gasteiger partial charge >= 0.3 is 0 Å². The molecule has 0 saturated heterocycles. The summed E-state index contributed by atoms with van der Waals surface area (Å²) >= 11 is 0. The predicted molar refractivity (Wildman–Crippen MR) is 152 cm³/mol. The molecule has 0 unspecified atom stereocenters. The summed E-state index contributed by atoms with van der Waals surface area (Å²) in [5.74, 6) is 0.689. The summed E-state index contributed by atoms with van der Waals surface area (Å²) in [6, 6.07) is 9.19. The molecule has 1 aromatic heterocycles. The van der Waals surface area contributed by atoms with Gasteiger partial charge in [0, 0.05) is 31.1 Å². The number of nitrogens with one attached hydrogen (secondary N) is 1. The van der Waals surface area contributed by atoms with Gasteiger partial charge in [0.05, 0.1) is 5.56 Å². The summed E-state index contributed by atoms with van der Waals surface area (Å²) in [7, 11) is 0. The number of hydrogen-bond acceptors (Lipinski definition) is 2. The van der Waals surface area contributed by atoms with Crippen molar-refractivity contribution in [1.82, 2.24) is 9.88 Å². The van der Waals surface area contributed by atoms with Crippen molar-refractivity contribution in [3.63, 3.8) is 0 Å². The Balaban J connectivity index is 2.04. The van der Waals surface area contributed by atoms with Gasteiger partial charge in [-0.3, -0.25) is 4.79 Å². The Morgan fingerprint density at radius 3 is 2.08 bits per heavy atom. The Labute approximate surface area is 219 Å². The summed E-state index contributed by atoms with van der Waals surface area (Å²) in [6.45, 7) is 17.6. The summed E-state index contributed by atoms with van der Waals surface area (Å²) < 4.78 is 2.44. The summed E-state index contributed by atoms with van der Waals surface area (Å²) in [5.41, 5.74) is 7.00. The van der Waals surface area contributed by atoms with Crippen LogP contribution in [0, 0.1) is 12.8 Å². The van der Waals surface area contributed by atoms with Gasteiger partial charge in [-0.15, -0.1) is 0 Å². The van der Waals surface area contributed by atoms with Crippen LogP contribution in [0.25, 0.3) is 11.3 Å². The van der Waals surface area contributed by atoms with Crippen LogP contribution in [0.4, 0.5) is 0 Å². The molecule has 1 aliphatic carbocycles. The van der Waals surface area contributed by atoms with E-state index in [4.69, 9.17) is 5.11 Å². The maximum Gasteiger partial charge on any atom is 0.253 e. The fourth-order valence-electron chi connectivity index (χ4n) is 5.33. The Morgan fingerprint density at radius 1 is 0.917 bits per heavy atom. The Bertz CT molecular complexity index is 982. The zero-order valence-corrected chi connectivity index (χ0v) is 24.0. The van der Waals surface area contributed by atoms with E-state index in [-0.39, 0.29) is 23.3 Å². The van der Waals surface area contributed by atoms with Crippen LogP contribution in [-0.2, 0) is 17.4 Å². The quantitative estimate of drug-likeness (QED) is 0.354. The van der Waals surface area contributed by atoms with Crippen LogP contribution < -0.4 is 5.32 Å². The second-order valence-electron chi connectivity index (χ2n) is 13.0. The molecule has 1 amide bonds. The van der Waals surface area contributed by atoms with Crippen molar-refractivity contribution in [2.45, 2.75) is 117 Å². The Kier molecular flexibility index (Phi) is 9.49. The summed E-state index contributed by atoms with van der Waals surface area (Å²) in [4.78, 5) is 13.3. The van der Waals surface area contributed by atoms with Gasteiger partial charge in [0.25, 0.3) is 5.91 Å². The molecule has 0 bridgehead atoms. The fraction of sp³-hybridized carbons (Fsp3) is 0.656. The zero-order valence-electron chi connectivity index (χ0n) is 24.0. The first-order chi connectivity index (χ1) is 16.9. The summed E-state index contributed by atoms with van der Waals surface area (Å²) in [5, 5.41) is 12.1. The van der Waals surface area contributed by atoms with Crippen molar-refractivity contribution in [1.29, 1.82) is 0 Å². The molecule has 2 N–H and O–H groups in total. The number of carbonyl (C=O) groups is 1. The first-order valence-corrected chi connectivity index (χ1v) is 14.2. The highest BCUT2D eigenvalue weighted by molar-refractivity contribution is 5.97. The van der Waals surface area contributed by atoms with Crippen LogP contribution in [0.1, 0.15) is 120 Å². The molecule has 1 heterocycles. The van der Waals surface area contributed by atoms with Crippen LogP contribution in [0.5, 0.6) is 0 Å². The number of benzene rings is 1. The van der Waals surface area contributed by atoms with E-state index in [0.29, 0.717) is 12.5 Å². The van der Waals surface area contributed by atoms with E-state index in [9.17, 15) is 4.79 Å². The molecular formula is C32H50N2O2. The number of aliphatic hydroxyl groups excluding tert-OH is 1. The van der Waals surface area contributed by atoms with Crippen LogP contribution in [0.15, 0.2) is 24.3 Å². The molecule has 0 aliphatic heterocycles. The smallest absolute Gasteiger partial charge is 0.253 e. The molecule has 200 valence electrons. The molecule has 36 heavy (non-hydrogen) atoms. The van der Waals surface area contributed by atoms with Crippen molar-refractivity contribution in [2.24, 2.45) is 5.92 Å². The van der Waals surface area contributed by atoms with Crippen LogP contribution in [0.2, 0.25) is 0 Å². The van der Waals surface area contributed by atoms with Crippen molar-refractivity contribution in [3.8, 4) is 11.3 Å². The molecule has 0 radical (unpaired) electrons. The van der Waals surface area contributed by atoms with Crippen LogP contribution in [-0.4, -0.2) is 28.7 Å². The molecule has 1 aliphatic rings. The second-order valence-corrected chi connectivity index (χ2v) is 13.0. The number of nitrogens with zero attached hydrogens (tertiary/aromatic N) is 1. The number of hydrogen-bond donors (Lipinski definition) is 2. The van der Waals surface area contributed by atoms with Crippen LogP contribution >= 0.6 is 0 Å². The van der Waals surface area contributed by atoms with Gasteiger partial charge in [0.1, 0.15) is 0 Å². The number of amides is 1. The minimum Gasteiger partial charge on any atom is -0.396 e. The molecular weight excluding hydrogens is 444 g/mol. The van der Waals surface area contributed by atoms with Crippen molar-refractivity contribution < 1.29 is 9.90 Å². The van der Waals surface area contributed by atoms with Gasteiger partial charge < -0.3 is 15.0 Å². The largest absolute Gasteiger partial charge is 0.396 e. The highest BCUT2D eigenvalue weighted by Gasteiger charge is 2.25. The number of aromatic nitrogens is 1. The lowest BCUT2D eigenvalue weighted by Crippen LogP contribution is -2.25. The second kappa shape index (κ2) is 12.0. The number of carbonyl (C=O) groups excluding carboxylic acids is 1. The fourth-order valence-corrected chi connectivity index (χ4v) is 5.33. The van der Waals surface area contributed by atoms with E-state index in [1.165, 1.54) is 54.5 Å². The monoisotopic (exact) mass is 494 g/mol. The van der Waals surface area contributed by atoms with Gasteiger partial charge in [0.15, 0.2) is 0 Å². The van der Waals surface area contributed by atoms with E-state index < -0.39 is 0 Å².